The first-order valence-corrected chi connectivity index (χ1v) is 7.32. The zero-order valence-electron chi connectivity index (χ0n) is 10.4. The molecule has 110 valence electrons. The van der Waals surface area contributed by atoms with Gasteiger partial charge in [0.05, 0.1) is 10.3 Å². The molecular weight excluding hydrogens is 350 g/mol. The van der Waals surface area contributed by atoms with Crippen molar-refractivity contribution in [3.05, 3.63) is 20.8 Å². The average molecular weight is 364 g/mol. The summed E-state index contributed by atoms with van der Waals surface area (Å²) in [4.78, 5) is 33.8. The van der Waals surface area contributed by atoms with Crippen LogP contribution in [0.2, 0.25) is 0 Å². The molecule has 0 aliphatic rings. The molecule has 4 N–H and O–H groups in total. The van der Waals surface area contributed by atoms with Crippen LogP contribution in [0.3, 0.4) is 0 Å². The molecule has 1 rings (SSSR count). The maximum Gasteiger partial charge on any atom is 0.322 e. The van der Waals surface area contributed by atoms with Crippen LogP contribution in [0.4, 0.5) is 4.79 Å². The largest absolute Gasteiger partial charge is 0.480 e. The van der Waals surface area contributed by atoms with Crippen molar-refractivity contribution in [2.24, 2.45) is 0 Å². The van der Waals surface area contributed by atoms with Crippen molar-refractivity contribution in [2.45, 2.75) is 6.42 Å². The Bertz CT molecular complexity index is 492. The smallest absolute Gasteiger partial charge is 0.322 e. The summed E-state index contributed by atoms with van der Waals surface area (Å²) in [5.41, 5.74) is 0. The van der Waals surface area contributed by atoms with E-state index >= 15 is 0 Å². The van der Waals surface area contributed by atoms with E-state index in [1.54, 1.807) is 11.3 Å². The highest BCUT2D eigenvalue weighted by atomic mass is 79.9. The fourth-order valence-electron chi connectivity index (χ4n) is 1.25. The summed E-state index contributed by atoms with van der Waals surface area (Å²) in [6.45, 7) is -0.269. The predicted molar refractivity (Wildman–Crippen MR) is 77.8 cm³/mol. The molecular formula is C11H14BrN3O4S. The SMILES string of the molecule is O=C(O)CNC(=O)CNC(=O)NCCc1ccc(Br)s1. The van der Waals surface area contributed by atoms with Gasteiger partial charge in [-0.1, -0.05) is 0 Å². The molecule has 0 aromatic carbocycles. The van der Waals surface area contributed by atoms with Crippen LogP contribution in [0, 0.1) is 0 Å². The highest BCUT2D eigenvalue weighted by Gasteiger charge is 2.06. The molecule has 0 aliphatic carbocycles. The van der Waals surface area contributed by atoms with Gasteiger partial charge in [-0.05, 0) is 34.5 Å². The number of carbonyl (C=O) groups is 3. The van der Waals surface area contributed by atoms with E-state index < -0.39 is 24.5 Å². The quantitative estimate of drug-likeness (QED) is 0.567. The normalized spacial score (nSPS) is 9.85. The molecule has 0 unspecified atom stereocenters. The number of carboxylic acid groups (broad SMARTS) is 1. The van der Waals surface area contributed by atoms with Gasteiger partial charge in [0.2, 0.25) is 5.91 Å². The molecule has 1 heterocycles. The molecule has 9 heteroatoms. The number of halogens is 1. The number of hydrogen-bond donors (Lipinski definition) is 4. The summed E-state index contributed by atoms with van der Waals surface area (Å²) in [7, 11) is 0. The van der Waals surface area contributed by atoms with E-state index in [-0.39, 0.29) is 6.54 Å². The minimum absolute atomic E-state index is 0.260. The maximum absolute atomic E-state index is 11.4. The Balaban J connectivity index is 2.11. The lowest BCUT2D eigenvalue weighted by atomic mass is 10.3. The fourth-order valence-corrected chi connectivity index (χ4v) is 2.73. The molecule has 20 heavy (non-hydrogen) atoms. The van der Waals surface area contributed by atoms with Crippen molar-refractivity contribution in [1.82, 2.24) is 16.0 Å². The van der Waals surface area contributed by atoms with Crippen LogP contribution >= 0.6 is 27.3 Å². The number of thiophene rings is 1. The Morgan fingerprint density at radius 3 is 2.50 bits per heavy atom. The minimum atomic E-state index is -1.13. The zero-order valence-corrected chi connectivity index (χ0v) is 12.8. The second-order valence-electron chi connectivity index (χ2n) is 3.74. The van der Waals surface area contributed by atoms with Gasteiger partial charge in [-0.25, -0.2) is 4.79 Å². The zero-order chi connectivity index (χ0) is 15.0. The lowest BCUT2D eigenvalue weighted by Crippen LogP contribution is -2.43. The molecule has 0 bridgehead atoms. The number of hydrogen-bond acceptors (Lipinski definition) is 4. The van der Waals surface area contributed by atoms with Crippen LogP contribution in [0.1, 0.15) is 4.88 Å². The van der Waals surface area contributed by atoms with Gasteiger partial charge in [-0.3, -0.25) is 9.59 Å². The Morgan fingerprint density at radius 1 is 1.15 bits per heavy atom. The lowest BCUT2D eigenvalue weighted by molar-refractivity contribution is -0.137. The van der Waals surface area contributed by atoms with E-state index in [4.69, 9.17) is 5.11 Å². The summed E-state index contributed by atoms with van der Waals surface area (Å²) >= 11 is 4.94. The van der Waals surface area contributed by atoms with Gasteiger partial charge >= 0.3 is 12.0 Å². The average Bonchev–Trinajstić information content (AvgIpc) is 2.79. The third kappa shape index (κ3) is 7.10. The highest BCUT2D eigenvalue weighted by Crippen LogP contribution is 2.21. The Labute approximate surface area is 127 Å². The van der Waals surface area contributed by atoms with Crippen LogP contribution < -0.4 is 16.0 Å². The van der Waals surface area contributed by atoms with E-state index in [0.717, 1.165) is 8.66 Å². The summed E-state index contributed by atoms with van der Waals surface area (Å²) in [6, 6.07) is 3.44. The van der Waals surface area contributed by atoms with Gasteiger partial charge in [0, 0.05) is 11.4 Å². The first-order valence-electron chi connectivity index (χ1n) is 5.72. The standard InChI is InChI=1S/C11H14BrN3O4S/c12-8-2-1-7(20-8)3-4-13-11(19)15-5-9(16)14-6-10(17)18/h1-2H,3-6H2,(H,14,16)(H,17,18)(H2,13,15,19). The van der Waals surface area contributed by atoms with E-state index in [1.165, 1.54) is 0 Å². The van der Waals surface area contributed by atoms with Gasteiger partial charge in [0.1, 0.15) is 6.54 Å². The summed E-state index contributed by atoms with van der Waals surface area (Å²) in [5.74, 6) is -1.69. The van der Waals surface area contributed by atoms with Crippen molar-refractivity contribution in [1.29, 1.82) is 0 Å². The van der Waals surface area contributed by atoms with Crippen LogP contribution in [0.15, 0.2) is 15.9 Å². The van der Waals surface area contributed by atoms with Crippen molar-refractivity contribution >= 4 is 45.2 Å². The van der Waals surface area contributed by atoms with Crippen LogP contribution in [0.25, 0.3) is 0 Å². The number of rotatable bonds is 7. The van der Waals surface area contributed by atoms with E-state index in [1.807, 2.05) is 12.1 Å². The Hall–Kier alpha value is -1.61. The second-order valence-corrected chi connectivity index (χ2v) is 6.28. The molecule has 1 aromatic rings. The maximum atomic E-state index is 11.4. The molecule has 0 atom stereocenters. The molecule has 0 saturated heterocycles. The number of urea groups is 1. The van der Waals surface area contributed by atoms with Crippen molar-refractivity contribution < 1.29 is 19.5 Å². The van der Waals surface area contributed by atoms with Gasteiger partial charge in [0.15, 0.2) is 0 Å². The number of carboxylic acids is 1. The summed E-state index contributed by atoms with van der Waals surface area (Å²) in [5, 5.41) is 15.4. The molecule has 0 fully saturated rings. The molecule has 3 amide bonds. The van der Waals surface area contributed by atoms with Crippen molar-refractivity contribution in [2.75, 3.05) is 19.6 Å². The Morgan fingerprint density at radius 2 is 1.90 bits per heavy atom. The monoisotopic (exact) mass is 363 g/mol. The number of amides is 3. The molecule has 7 nitrogen and oxygen atoms in total. The van der Waals surface area contributed by atoms with E-state index in [2.05, 4.69) is 31.9 Å². The third-order valence-corrected chi connectivity index (χ3v) is 3.82. The van der Waals surface area contributed by atoms with Crippen molar-refractivity contribution in [3.63, 3.8) is 0 Å². The van der Waals surface area contributed by atoms with E-state index in [0.29, 0.717) is 13.0 Å². The van der Waals surface area contributed by atoms with Gasteiger partial charge < -0.3 is 21.1 Å². The van der Waals surface area contributed by atoms with Crippen LogP contribution in [-0.4, -0.2) is 42.6 Å². The third-order valence-electron chi connectivity index (χ3n) is 2.13. The second kappa shape index (κ2) is 8.54. The van der Waals surface area contributed by atoms with Crippen molar-refractivity contribution in [3.8, 4) is 0 Å². The summed E-state index contributed by atoms with van der Waals surface area (Å²) in [6.07, 6.45) is 0.703. The molecule has 0 spiro atoms. The molecule has 0 saturated carbocycles. The molecule has 0 radical (unpaired) electrons. The fraction of sp³-hybridized carbons (Fsp3) is 0.364. The van der Waals surface area contributed by atoms with Gasteiger partial charge in [-0.15, -0.1) is 11.3 Å². The lowest BCUT2D eigenvalue weighted by Gasteiger charge is -2.07. The van der Waals surface area contributed by atoms with E-state index in [9.17, 15) is 14.4 Å². The predicted octanol–water partition coefficient (Wildman–Crippen LogP) is 0.553. The Kier molecular flexibility index (Phi) is 7.02. The first-order chi connectivity index (χ1) is 9.47. The number of aliphatic carboxylic acids is 1. The molecule has 0 aliphatic heterocycles. The van der Waals surface area contributed by atoms with Gasteiger partial charge in [0.25, 0.3) is 0 Å². The van der Waals surface area contributed by atoms with Crippen LogP contribution in [0.5, 0.6) is 0 Å². The van der Waals surface area contributed by atoms with Gasteiger partial charge in [-0.2, -0.15) is 0 Å². The van der Waals surface area contributed by atoms with Crippen LogP contribution in [-0.2, 0) is 16.0 Å². The molecule has 1 aromatic heterocycles. The number of nitrogens with one attached hydrogen (secondary N) is 3. The minimum Gasteiger partial charge on any atom is -0.480 e. The first kappa shape index (κ1) is 16.4. The topological polar surface area (TPSA) is 108 Å². The number of carbonyl (C=O) groups excluding carboxylic acids is 2. The highest BCUT2D eigenvalue weighted by molar-refractivity contribution is 9.11. The summed E-state index contributed by atoms with van der Waals surface area (Å²) < 4.78 is 1.03.